The van der Waals surface area contributed by atoms with Crippen LogP contribution in [-0.2, 0) is 10.0 Å². The number of nitrogens with one attached hydrogen (secondary N) is 1. The summed E-state index contributed by atoms with van der Waals surface area (Å²) in [6.07, 6.45) is 1.95. The molecule has 0 amide bonds. The van der Waals surface area contributed by atoms with Gasteiger partial charge in [-0.25, -0.2) is 23.1 Å². The van der Waals surface area contributed by atoms with Gasteiger partial charge < -0.3 is 10.8 Å². The number of nitrogens with zero attached hydrogens (tertiary/aromatic N) is 2. The Hall–Kier alpha value is -2.33. The number of hydrogen-bond acceptors (Lipinski definition) is 7. The molecule has 9 heteroatoms. The van der Waals surface area contributed by atoms with Gasteiger partial charge in [-0.1, -0.05) is 6.07 Å². The molecule has 0 saturated heterocycles. The van der Waals surface area contributed by atoms with Crippen molar-refractivity contribution in [2.24, 2.45) is 0 Å². The topological polar surface area (TPSA) is 118 Å². The molecule has 4 N–H and O–H groups in total. The number of aryl methyl sites for hydroxylation is 2. The van der Waals surface area contributed by atoms with Crippen LogP contribution in [0.3, 0.4) is 0 Å². The molecular formula is C21H26N4O3S2. The molecule has 0 atom stereocenters. The maximum atomic E-state index is 12.7. The molecule has 3 rings (SSSR count). The van der Waals surface area contributed by atoms with Gasteiger partial charge in [0.05, 0.1) is 21.2 Å². The van der Waals surface area contributed by atoms with Gasteiger partial charge in [0.15, 0.2) is 0 Å². The van der Waals surface area contributed by atoms with Crippen molar-refractivity contribution in [1.29, 1.82) is 0 Å². The van der Waals surface area contributed by atoms with Gasteiger partial charge in [0, 0.05) is 29.2 Å². The molecule has 0 aliphatic rings. The van der Waals surface area contributed by atoms with Crippen LogP contribution in [0.5, 0.6) is 0 Å². The normalized spacial score (nSPS) is 12.3. The predicted molar refractivity (Wildman–Crippen MR) is 121 cm³/mol. The second kappa shape index (κ2) is 8.43. The lowest BCUT2D eigenvalue weighted by Gasteiger charge is -2.17. The molecule has 7 nitrogen and oxygen atoms in total. The highest BCUT2D eigenvalue weighted by atomic mass is 32.2. The first-order valence-corrected chi connectivity index (χ1v) is 11.8. The first-order chi connectivity index (χ1) is 14.0. The van der Waals surface area contributed by atoms with E-state index in [0.717, 1.165) is 27.4 Å². The zero-order valence-corrected chi connectivity index (χ0v) is 19.1. The molecular weight excluding hydrogens is 420 g/mol. The largest absolute Gasteiger partial charge is 0.390 e. The third-order valence-electron chi connectivity index (χ3n) is 4.67. The van der Waals surface area contributed by atoms with Crippen LogP contribution in [0.25, 0.3) is 22.4 Å². The number of sulfonamides is 1. The van der Waals surface area contributed by atoms with Crippen LogP contribution in [-0.4, -0.2) is 35.6 Å². The summed E-state index contributed by atoms with van der Waals surface area (Å²) < 4.78 is 28.0. The standard InChI is InChI=1S/C21H26N4O3S2/c1-13-5-6-16(30(27,28)24-8-7-21(3,4)26)10-17(13)15-9-18(20(22)23-11-15)19-12-29-14(2)25-19/h5-6,9-12,24,26H,7-8H2,1-4H3,(H2,22,23). The maximum absolute atomic E-state index is 12.7. The smallest absolute Gasteiger partial charge is 0.240 e. The summed E-state index contributed by atoms with van der Waals surface area (Å²) in [4.78, 5) is 8.94. The van der Waals surface area contributed by atoms with Gasteiger partial charge >= 0.3 is 0 Å². The van der Waals surface area contributed by atoms with Gasteiger partial charge in [0.1, 0.15) is 5.82 Å². The first kappa shape index (κ1) is 22.4. The fourth-order valence-corrected chi connectivity index (χ4v) is 4.64. The Labute approximate surface area is 181 Å². The second-order valence-electron chi connectivity index (χ2n) is 7.85. The Morgan fingerprint density at radius 2 is 1.93 bits per heavy atom. The van der Waals surface area contributed by atoms with Crippen molar-refractivity contribution in [3.05, 3.63) is 46.4 Å². The van der Waals surface area contributed by atoms with Crippen molar-refractivity contribution in [3.8, 4) is 22.4 Å². The minimum Gasteiger partial charge on any atom is -0.390 e. The number of aromatic nitrogens is 2. The fourth-order valence-electron chi connectivity index (χ4n) is 2.97. The van der Waals surface area contributed by atoms with Crippen molar-refractivity contribution < 1.29 is 13.5 Å². The Bertz CT molecular complexity index is 1170. The molecule has 1 aromatic carbocycles. The molecule has 0 fully saturated rings. The van der Waals surface area contributed by atoms with Gasteiger partial charge in [-0.3, -0.25) is 0 Å². The third kappa shape index (κ3) is 5.23. The summed E-state index contributed by atoms with van der Waals surface area (Å²) in [5, 5.41) is 12.7. The van der Waals surface area contributed by atoms with Crippen LogP contribution in [0.2, 0.25) is 0 Å². The van der Waals surface area contributed by atoms with E-state index in [1.807, 2.05) is 25.3 Å². The lowest BCUT2D eigenvalue weighted by Crippen LogP contribution is -2.30. The fraction of sp³-hybridized carbons (Fsp3) is 0.333. The minimum absolute atomic E-state index is 0.145. The zero-order valence-electron chi connectivity index (χ0n) is 17.4. The number of benzene rings is 1. The number of aliphatic hydroxyl groups is 1. The summed E-state index contributed by atoms with van der Waals surface area (Å²) in [7, 11) is -3.71. The molecule has 3 aromatic rings. The number of nitrogen functional groups attached to an aromatic ring is 1. The van der Waals surface area contributed by atoms with E-state index in [-0.39, 0.29) is 11.4 Å². The highest BCUT2D eigenvalue weighted by molar-refractivity contribution is 7.89. The van der Waals surface area contributed by atoms with Crippen molar-refractivity contribution >= 4 is 27.2 Å². The molecule has 0 aliphatic heterocycles. The van der Waals surface area contributed by atoms with E-state index >= 15 is 0 Å². The van der Waals surface area contributed by atoms with E-state index in [9.17, 15) is 13.5 Å². The van der Waals surface area contributed by atoms with E-state index in [1.165, 1.54) is 11.3 Å². The molecule has 0 spiro atoms. The minimum atomic E-state index is -3.71. The average Bonchev–Trinajstić information content (AvgIpc) is 3.07. The summed E-state index contributed by atoms with van der Waals surface area (Å²) in [6.45, 7) is 7.26. The quantitative estimate of drug-likeness (QED) is 0.511. The Kier molecular flexibility index (Phi) is 6.28. The van der Waals surface area contributed by atoms with Gasteiger partial charge in [-0.05, 0) is 63.4 Å². The van der Waals surface area contributed by atoms with E-state index in [2.05, 4.69) is 14.7 Å². The van der Waals surface area contributed by atoms with Gasteiger partial charge in [-0.15, -0.1) is 11.3 Å². The predicted octanol–water partition coefficient (Wildman–Crippen LogP) is 3.51. The SMILES string of the molecule is Cc1nc(-c2cc(-c3cc(S(=O)(=O)NCCC(C)(C)O)ccc3C)cnc2N)cs1. The lowest BCUT2D eigenvalue weighted by molar-refractivity contribution is 0.0728. The molecule has 0 unspecified atom stereocenters. The summed E-state index contributed by atoms with van der Waals surface area (Å²) in [6, 6.07) is 6.85. The van der Waals surface area contributed by atoms with Crippen LogP contribution < -0.4 is 10.5 Å². The average molecular weight is 447 g/mol. The molecule has 2 heterocycles. The molecule has 0 radical (unpaired) electrons. The molecule has 0 aliphatic carbocycles. The summed E-state index contributed by atoms with van der Waals surface area (Å²) in [5.74, 6) is 0.374. The molecule has 2 aromatic heterocycles. The first-order valence-electron chi connectivity index (χ1n) is 9.47. The zero-order chi connectivity index (χ0) is 22.1. The van der Waals surface area contributed by atoms with Gasteiger partial charge in [-0.2, -0.15) is 0 Å². The number of thiazole rings is 1. The van der Waals surface area contributed by atoms with Crippen LogP contribution in [0, 0.1) is 13.8 Å². The second-order valence-corrected chi connectivity index (χ2v) is 10.7. The van der Waals surface area contributed by atoms with Crippen molar-refractivity contribution in [2.45, 2.75) is 44.6 Å². The van der Waals surface area contributed by atoms with Crippen molar-refractivity contribution in [2.75, 3.05) is 12.3 Å². The third-order valence-corrected chi connectivity index (χ3v) is 6.90. The summed E-state index contributed by atoms with van der Waals surface area (Å²) in [5.41, 5.74) is 9.01. The van der Waals surface area contributed by atoms with E-state index < -0.39 is 15.6 Å². The number of anilines is 1. The summed E-state index contributed by atoms with van der Waals surface area (Å²) >= 11 is 1.53. The van der Waals surface area contributed by atoms with Crippen molar-refractivity contribution in [3.63, 3.8) is 0 Å². The van der Waals surface area contributed by atoms with Crippen LogP contribution in [0.4, 0.5) is 5.82 Å². The number of hydrogen-bond donors (Lipinski definition) is 3. The van der Waals surface area contributed by atoms with E-state index in [0.29, 0.717) is 17.8 Å². The number of nitrogens with two attached hydrogens (primary N) is 1. The molecule has 30 heavy (non-hydrogen) atoms. The monoisotopic (exact) mass is 446 g/mol. The highest BCUT2D eigenvalue weighted by Gasteiger charge is 2.19. The number of rotatable bonds is 7. The molecule has 160 valence electrons. The Morgan fingerprint density at radius 3 is 2.57 bits per heavy atom. The van der Waals surface area contributed by atoms with E-state index in [4.69, 9.17) is 5.73 Å². The Morgan fingerprint density at radius 1 is 1.20 bits per heavy atom. The van der Waals surface area contributed by atoms with Crippen LogP contribution >= 0.6 is 11.3 Å². The maximum Gasteiger partial charge on any atom is 0.240 e. The van der Waals surface area contributed by atoms with Gasteiger partial charge in [0.25, 0.3) is 0 Å². The van der Waals surface area contributed by atoms with Crippen LogP contribution in [0.15, 0.2) is 40.7 Å². The molecule has 0 bridgehead atoms. The van der Waals surface area contributed by atoms with Crippen LogP contribution in [0.1, 0.15) is 30.8 Å². The highest BCUT2D eigenvalue weighted by Crippen LogP contribution is 2.32. The van der Waals surface area contributed by atoms with Gasteiger partial charge in [0.2, 0.25) is 10.0 Å². The number of pyridine rings is 1. The lowest BCUT2D eigenvalue weighted by atomic mass is 10.00. The van der Waals surface area contributed by atoms with E-state index in [1.54, 1.807) is 38.2 Å². The molecule has 0 saturated carbocycles. The Balaban J connectivity index is 1.96. The van der Waals surface area contributed by atoms with Crippen molar-refractivity contribution in [1.82, 2.24) is 14.7 Å².